The van der Waals surface area contributed by atoms with Crippen LogP contribution in [-0.4, -0.2) is 17.4 Å². The van der Waals surface area contributed by atoms with Crippen molar-refractivity contribution in [3.63, 3.8) is 0 Å². The molecule has 0 saturated carbocycles. The molecule has 0 saturated heterocycles. The van der Waals surface area contributed by atoms with Gasteiger partial charge in [-0.05, 0) is 24.6 Å². The van der Waals surface area contributed by atoms with E-state index >= 15 is 0 Å². The van der Waals surface area contributed by atoms with Crippen LogP contribution in [0.2, 0.25) is 10.0 Å². The fraction of sp³-hybridized carbons (Fsp3) is 0.214. The maximum atomic E-state index is 11.8. The summed E-state index contributed by atoms with van der Waals surface area (Å²) < 4.78 is 0. The number of benzene rings is 1. The SMILES string of the molecule is CCCNC(=O)c1cc(-c2ccc(Cl)cc2Cl)c[nH]1. The molecule has 1 aromatic carbocycles. The van der Waals surface area contributed by atoms with Crippen LogP contribution in [0.3, 0.4) is 0 Å². The molecule has 2 rings (SSSR count). The zero-order chi connectivity index (χ0) is 13.8. The molecule has 0 aliphatic heterocycles. The third kappa shape index (κ3) is 3.31. The summed E-state index contributed by atoms with van der Waals surface area (Å²) in [6.07, 6.45) is 2.66. The van der Waals surface area contributed by atoms with Crippen LogP contribution >= 0.6 is 23.2 Å². The summed E-state index contributed by atoms with van der Waals surface area (Å²) >= 11 is 12.0. The Kier molecular flexibility index (Phi) is 4.51. The zero-order valence-electron chi connectivity index (χ0n) is 10.5. The second-order valence-electron chi connectivity index (χ2n) is 4.18. The average Bonchev–Trinajstić information content (AvgIpc) is 2.85. The first-order valence-corrected chi connectivity index (χ1v) is 6.79. The van der Waals surface area contributed by atoms with Crippen LogP contribution in [0.15, 0.2) is 30.5 Å². The number of rotatable bonds is 4. The van der Waals surface area contributed by atoms with Gasteiger partial charge in [0.25, 0.3) is 5.91 Å². The molecule has 0 atom stereocenters. The van der Waals surface area contributed by atoms with Gasteiger partial charge in [0.1, 0.15) is 5.69 Å². The molecular weight excluding hydrogens is 283 g/mol. The molecule has 0 spiro atoms. The van der Waals surface area contributed by atoms with Crippen molar-refractivity contribution in [1.29, 1.82) is 0 Å². The Morgan fingerprint density at radius 2 is 2.11 bits per heavy atom. The van der Waals surface area contributed by atoms with Gasteiger partial charge in [-0.15, -0.1) is 0 Å². The molecule has 3 nitrogen and oxygen atoms in total. The number of halogens is 2. The van der Waals surface area contributed by atoms with Gasteiger partial charge < -0.3 is 10.3 Å². The zero-order valence-corrected chi connectivity index (χ0v) is 12.0. The Morgan fingerprint density at radius 3 is 2.79 bits per heavy atom. The normalized spacial score (nSPS) is 10.5. The molecule has 1 amide bonds. The molecular formula is C14H14Cl2N2O. The lowest BCUT2D eigenvalue weighted by atomic mass is 10.1. The smallest absolute Gasteiger partial charge is 0.267 e. The van der Waals surface area contributed by atoms with Crippen LogP contribution in [-0.2, 0) is 0 Å². The van der Waals surface area contributed by atoms with Gasteiger partial charge in [0, 0.05) is 33.9 Å². The third-order valence-electron chi connectivity index (χ3n) is 2.71. The highest BCUT2D eigenvalue weighted by Gasteiger charge is 2.11. The maximum Gasteiger partial charge on any atom is 0.267 e. The molecule has 0 aliphatic carbocycles. The summed E-state index contributed by atoms with van der Waals surface area (Å²) in [5.74, 6) is -0.113. The van der Waals surface area contributed by atoms with E-state index < -0.39 is 0 Å². The van der Waals surface area contributed by atoms with Crippen LogP contribution in [0.25, 0.3) is 11.1 Å². The van der Waals surface area contributed by atoms with Crippen LogP contribution in [0.5, 0.6) is 0 Å². The Bertz CT molecular complexity index is 593. The first kappa shape index (κ1) is 14.0. The molecule has 0 bridgehead atoms. The average molecular weight is 297 g/mol. The summed E-state index contributed by atoms with van der Waals surface area (Å²) in [7, 11) is 0. The molecule has 2 aromatic rings. The molecule has 5 heteroatoms. The molecule has 0 unspecified atom stereocenters. The topological polar surface area (TPSA) is 44.9 Å². The lowest BCUT2D eigenvalue weighted by molar-refractivity contribution is 0.0949. The monoisotopic (exact) mass is 296 g/mol. The number of hydrogen-bond acceptors (Lipinski definition) is 1. The molecule has 0 aliphatic rings. The summed E-state index contributed by atoms with van der Waals surface area (Å²) in [5.41, 5.74) is 2.23. The Labute approximate surface area is 121 Å². The van der Waals surface area contributed by atoms with Crippen molar-refractivity contribution in [3.05, 3.63) is 46.2 Å². The molecule has 100 valence electrons. The number of carbonyl (C=O) groups excluding carboxylic acids is 1. The standard InChI is InChI=1S/C14H14Cl2N2O/c1-2-5-17-14(19)13-6-9(8-18-13)11-4-3-10(15)7-12(11)16/h3-4,6-8,18H,2,5H2,1H3,(H,17,19). The predicted octanol–water partition coefficient (Wildman–Crippen LogP) is 4.13. The minimum atomic E-state index is -0.113. The minimum Gasteiger partial charge on any atom is -0.357 e. The number of aromatic nitrogens is 1. The summed E-state index contributed by atoms with van der Waals surface area (Å²) in [6, 6.07) is 7.07. The maximum absolute atomic E-state index is 11.8. The Morgan fingerprint density at radius 1 is 1.32 bits per heavy atom. The fourth-order valence-electron chi connectivity index (χ4n) is 1.74. The Hall–Kier alpha value is -1.45. The lowest BCUT2D eigenvalue weighted by Crippen LogP contribution is -2.24. The van der Waals surface area contributed by atoms with E-state index in [9.17, 15) is 4.79 Å². The number of carbonyl (C=O) groups is 1. The Balaban J connectivity index is 2.23. The van der Waals surface area contributed by atoms with Crippen molar-refractivity contribution >= 4 is 29.1 Å². The van der Waals surface area contributed by atoms with Crippen LogP contribution < -0.4 is 5.32 Å². The second-order valence-corrected chi connectivity index (χ2v) is 5.03. The van der Waals surface area contributed by atoms with Gasteiger partial charge in [-0.25, -0.2) is 0 Å². The van der Waals surface area contributed by atoms with Gasteiger partial charge >= 0.3 is 0 Å². The molecule has 1 heterocycles. The van der Waals surface area contributed by atoms with Crippen LogP contribution in [0.4, 0.5) is 0 Å². The molecule has 2 N–H and O–H groups in total. The van der Waals surface area contributed by atoms with E-state index in [0.29, 0.717) is 22.3 Å². The summed E-state index contributed by atoms with van der Waals surface area (Å²) in [4.78, 5) is 14.7. The number of amides is 1. The van der Waals surface area contributed by atoms with Crippen molar-refractivity contribution in [2.45, 2.75) is 13.3 Å². The molecule has 0 fully saturated rings. The quantitative estimate of drug-likeness (QED) is 0.875. The molecule has 1 aromatic heterocycles. The second kappa shape index (κ2) is 6.13. The summed E-state index contributed by atoms with van der Waals surface area (Å²) in [6.45, 7) is 2.67. The van der Waals surface area contributed by atoms with Crippen LogP contribution in [0, 0.1) is 0 Å². The van der Waals surface area contributed by atoms with E-state index in [1.165, 1.54) is 0 Å². The van der Waals surface area contributed by atoms with Gasteiger partial charge in [0.05, 0.1) is 0 Å². The van der Waals surface area contributed by atoms with Gasteiger partial charge in [0.2, 0.25) is 0 Å². The van der Waals surface area contributed by atoms with Crippen LogP contribution in [0.1, 0.15) is 23.8 Å². The van der Waals surface area contributed by atoms with E-state index in [0.717, 1.165) is 17.5 Å². The van der Waals surface area contributed by atoms with Crippen molar-refractivity contribution < 1.29 is 4.79 Å². The highest BCUT2D eigenvalue weighted by Crippen LogP contribution is 2.30. The molecule has 0 radical (unpaired) electrons. The number of hydrogen-bond donors (Lipinski definition) is 2. The highest BCUT2D eigenvalue weighted by molar-refractivity contribution is 6.36. The fourth-order valence-corrected chi connectivity index (χ4v) is 2.26. The predicted molar refractivity (Wildman–Crippen MR) is 78.9 cm³/mol. The third-order valence-corrected chi connectivity index (χ3v) is 3.25. The summed E-state index contributed by atoms with van der Waals surface area (Å²) in [5, 5.41) is 3.96. The van der Waals surface area contributed by atoms with Gasteiger partial charge in [0.15, 0.2) is 0 Å². The lowest BCUT2D eigenvalue weighted by Gasteiger charge is -2.02. The minimum absolute atomic E-state index is 0.113. The van der Waals surface area contributed by atoms with E-state index in [4.69, 9.17) is 23.2 Å². The van der Waals surface area contributed by atoms with E-state index in [1.807, 2.05) is 13.0 Å². The number of H-pyrrole nitrogens is 1. The van der Waals surface area contributed by atoms with Crippen molar-refractivity contribution in [2.75, 3.05) is 6.54 Å². The van der Waals surface area contributed by atoms with E-state index in [-0.39, 0.29) is 5.91 Å². The van der Waals surface area contributed by atoms with Crippen molar-refractivity contribution in [1.82, 2.24) is 10.3 Å². The highest BCUT2D eigenvalue weighted by atomic mass is 35.5. The van der Waals surface area contributed by atoms with Gasteiger partial charge in [-0.1, -0.05) is 36.2 Å². The van der Waals surface area contributed by atoms with Crippen molar-refractivity contribution in [2.24, 2.45) is 0 Å². The molecule has 19 heavy (non-hydrogen) atoms. The van der Waals surface area contributed by atoms with Gasteiger partial charge in [-0.3, -0.25) is 4.79 Å². The first-order valence-electron chi connectivity index (χ1n) is 6.04. The number of nitrogens with one attached hydrogen (secondary N) is 2. The first-order chi connectivity index (χ1) is 9.11. The number of aromatic amines is 1. The van der Waals surface area contributed by atoms with Crippen molar-refractivity contribution in [3.8, 4) is 11.1 Å². The van der Waals surface area contributed by atoms with Gasteiger partial charge in [-0.2, -0.15) is 0 Å². The van der Waals surface area contributed by atoms with E-state index in [1.54, 1.807) is 24.4 Å². The van der Waals surface area contributed by atoms with E-state index in [2.05, 4.69) is 10.3 Å². The largest absolute Gasteiger partial charge is 0.357 e.